The van der Waals surface area contributed by atoms with Crippen LogP contribution in [0.25, 0.3) is 0 Å². The Kier molecular flexibility index (Phi) is 5.11. The van der Waals surface area contributed by atoms with Gasteiger partial charge in [-0.15, -0.1) is 12.4 Å². The zero-order chi connectivity index (χ0) is 8.97. The van der Waals surface area contributed by atoms with E-state index in [-0.39, 0.29) is 24.6 Å². The van der Waals surface area contributed by atoms with Crippen molar-refractivity contribution in [3.05, 3.63) is 35.4 Å². The molecule has 0 saturated carbocycles. The van der Waals surface area contributed by atoms with E-state index < -0.39 is 5.97 Å². The van der Waals surface area contributed by atoms with Gasteiger partial charge in [0, 0.05) is 6.61 Å². The van der Waals surface area contributed by atoms with Gasteiger partial charge in [-0.2, -0.15) is 0 Å². The summed E-state index contributed by atoms with van der Waals surface area (Å²) < 4.78 is 0. The molecule has 0 amide bonds. The van der Waals surface area contributed by atoms with Gasteiger partial charge in [0.25, 0.3) is 0 Å². The number of benzene rings is 1. The van der Waals surface area contributed by atoms with Crippen LogP contribution in [0.5, 0.6) is 0 Å². The zero-order valence-electron chi connectivity index (χ0n) is 6.93. The molecular formula is C9H11ClO3. The monoisotopic (exact) mass is 202 g/mol. The fraction of sp³-hybridized carbons (Fsp3) is 0.222. The van der Waals surface area contributed by atoms with Gasteiger partial charge in [-0.1, -0.05) is 12.1 Å². The average molecular weight is 203 g/mol. The smallest absolute Gasteiger partial charge is 0.335 e. The highest BCUT2D eigenvalue weighted by molar-refractivity contribution is 5.87. The van der Waals surface area contributed by atoms with Gasteiger partial charge in [-0.25, -0.2) is 4.79 Å². The van der Waals surface area contributed by atoms with Gasteiger partial charge in [0.05, 0.1) is 5.56 Å². The van der Waals surface area contributed by atoms with Gasteiger partial charge in [0.2, 0.25) is 0 Å². The summed E-state index contributed by atoms with van der Waals surface area (Å²) in [6.45, 7) is 0.0447. The quantitative estimate of drug-likeness (QED) is 0.778. The summed E-state index contributed by atoms with van der Waals surface area (Å²) in [5.74, 6) is -0.935. The minimum absolute atomic E-state index is 0. The predicted molar refractivity (Wildman–Crippen MR) is 51.4 cm³/mol. The highest BCUT2D eigenvalue weighted by atomic mass is 35.5. The molecule has 4 heteroatoms. The Hall–Kier alpha value is -1.06. The van der Waals surface area contributed by atoms with E-state index in [0.29, 0.717) is 6.42 Å². The summed E-state index contributed by atoms with van der Waals surface area (Å²) >= 11 is 0. The number of carboxylic acids is 1. The number of halogens is 1. The van der Waals surface area contributed by atoms with Gasteiger partial charge >= 0.3 is 5.97 Å². The van der Waals surface area contributed by atoms with Gasteiger partial charge < -0.3 is 10.2 Å². The fourth-order valence-electron chi connectivity index (χ4n) is 0.989. The maximum atomic E-state index is 10.5. The average Bonchev–Trinajstić information content (AvgIpc) is 2.05. The van der Waals surface area contributed by atoms with E-state index in [2.05, 4.69) is 0 Å². The summed E-state index contributed by atoms with van der Waals surface area (Å²) in [5.41, 5.74) is 1.11. The molecule has 1 aromatic rings. The van der Waals surface area contributed by atoms with Crippen molar-refractivity contribution < 1.29 is 15.0 Å². The summed E-state index contributed by atoms with van der Waals surface area (Å²) in [4.78, 5) is 10.5. The molecule has 0 heterocycles. The number of aliphatic hydroxyl groups is 1. The molecule has 0 aliphatic carbocycles. The molecule has 0 fully saturated rings. The van der Waals surface area contributed by atoms with Crippen molar-refractivity contribution >= 4 is 18.4 Å². The minimum atomic E-state index is -0.935. The Labute approximate surface area is 82.4 Å². The first-order valence-corrected chi connectivity index (χ1v) is 3.67. The lowest BCUT2D eigenvalue weighted by atomic mass is 10.1. The van der Waals surface area contributed by atoms with E-state index >= 15 is 0 Å². The van der Waals surface area contributed by atoms with Crippen LogP contribution in [0.4, 0.5) is 0 Å². The molecule has 0 atom stereocenters. The van der Waals surface area contributed by atoms with Crippen LogP contribution in [0.3, 0.4) is 0 Å². The standard InChI is InChI=1S/C9H10O3.ClH/c10-5-4-7-2-1-3-8(6-7)9(11)12;/h1-3,6,10H,4-5H2,(H,11,12);1H. The number of carboxylic acid groups (broad SMARTS) is 1. The van der Waals surface area contributed by atoms with Crippen LogP contribution in [0.15, 0.2) is 24.3 Å². The Morgan fingerprint density at radius 2 is 2.08 bits per heavy atom. The number of hydrogen-bond donors (Lipinski definition) is 2. The topological polar surface area (TPSA) is 57.5 Å². The molecule has 2 N–H and O–H groups in total. The SMILES string of the molecule is Cl.O=C(O)c1cccc(CCO)c1. The third-order valence-corrected chi connectivity index (χ3v) is 1.57. The summed E-state index contributed by atoms with van der Waals surface area (Å²) in [7, 11) is 0. The van der Waals surface area contributed by atoms with Crippen molar-refractivity contribution in [3.8, 4) is 0 Å². The highest BCUT2D eigenvalue weighted by Crippen LogP contribution is 2.05. The van der Waals surface area contributed by atoms with E-state index in [0.717, 1.165) is 5.56 Å². The second kappa shape index (κ2) is 5.56. The number of carbonyl (C=O) groups is 1. The molecule has 0 aliphatic rings. The Morgan fingerprint density at radius 1 is 1.38 bits per heavy atom. The van der Waals surface area contributed by atoms with Crippen molar-refractivity contribution in [2.24, 2.45) is 0 Å². The van der Waals surface area contributed by atoms with Crippen molar-refractivity contribution in [1.82, 2.24) is 0 Å². The number of hydrogen-bond acceptors (Lipinski definition) is 2. The molecule has 0 bridgehead atoms. The van der Waals surface area contributed by atoms with Crippen LogP contribution in [0.2, 0.25) is 0 Å². The molecule has 0 unspecified atom stereocenters. The van der Waals surface area contributed by atoms with Crippen LogP contribution in [0, 0.1) is 0 Å². The van der Waals surface area contributed by atoms with Crippen molar-refractivity contribution in [2.75, 3.05) is 6.61 Å². The third kappa shape index (κ3) is 3.44. The molecule has 0 aliphatic heterocycles. The van der Waals surface area contributed by atoms with E-state index in [9.17, 15) is 4.79 Å². The molecule has 0 aromatic heterocycles. The molecule has 0 spiro atoms. The normalized spacial score (nSPS) is 9.00. The summed E-state index contributed by atoms with van der Waals surface area (Å²) in [6.07, 6.45) is 0.501. The van der Waals surface area contributed by atoms with Crippen LogP contribution in [0.1, 0.15) is 15.9 Å². The van der Waals surface area contributed by atoms with Crippen molar-refractivity contribution in [3.63, 3.8) is 0 Å². The summed E-state index contributed by atoms with van der Waals surface area (Å²) in [5, 5.41) is 17.2. The van der Waals surface area contributed by atoms with Crippen LogP contribution in [-0.2, 0) is 6.42 Å². The van der Waals surface area contributed by atoms with Gasteiger partial charge in [0.15, 0.2) is 0 Å². The minimum Gasteiger partial charge on any atom is -0.478 e. The van der Waals surface area contributed by atoms with E-state index in [4.69, 9.17) is 10.2 Å². The van der Waals surface area contributed by atoms with Gasteiger partial charge in [-0.3, -0.25) is 0 Å². The maximum Gasteiger partial charge on any atom is 0.335 e. The molecule has 1 rings (SSSR count). The third-order valence-electron chi connectivity index (χ3n) is 1.57. The highest BCUT2D eigenvalue weighted by Gasteiger charge is 2.01. The fourth-order valence-corrected chi connectivity index (χ4v) is 0.989. The molecule has 0 radical (unpaired) electrons. The lowest BCUT2D eigenvalue weighted by molar-refractivity contribution is 0.0696. The first-order chi connectivity index (χ1) is 5.74. The lowest BCUT2D eigenvalue weighted by Gasteiger charge is -1.98. The molecule has 1 aromatic carbocycles. The van der Waals surface area contributed by atoms with Crippen LogP contribution < -0.4 is 0 Å². The second-order valence-electron chi connectivity index (χ2n) is 2.48. The number of rotatable bonds is 3. The van der Waals surface area contributed by atoms with Crippen molar-refractivity contribution in [1.29, 1.82) is 0 Å². The first kappa shape index (κ1) is 11.9. The molecule has 72 valence electrons. The largest absolute Gasteiger partial charge is 0.478 e. The molecule has 3 nitrogen and oxygen atoms in total. The van der Waals surface area contributed by atoms with E-state index in [1.165, 1.54) is 6.07 Å². The maximum absolute atomic E-state index is 10.5. The van der Waals surface area contributed by atoms with Crippen molar-refractivity contribution in [2.45, 2.75) is 6.42 Å². The Morgan fingerprint density at radius 3 is 2.62 bits per heavy atom. The van der Waals surface area contributed by atoms with E-state index in [1.807, 2.05) is 0 Å². The number of aromatic carboxylic acids is 1. The van der Waals surface area contributed by atoms with E-state index in [1.54, 1.807) is 18.2 Å². The second-order valence-corrected chi connectivity index (χ2v) is 2.48. The van der Waals surface area contributed by atoms with Crippen LogP contribution >= 0.6 is 12.4 Å². The molecular weight excluding hydrogens is 192 g/mol. The van der Waals surface area contributed by atoms with Crippen LogP contribution in [-0.4, -0.2) is 22.8 Å². The molecule has 13 heavy (non-hydrogen) atoms. The Balaban J connectivity index is 0.00000144. The first-order valence-electron chi connectivity index (χ1n) is 3.67. The zero-order valence-corrected chi connectivity index (χ0v) is 7.75. The number of aliphatic hydroxyl groups excluding tert-OH is 1. The Bertz CT molecular complexity index is 286. The summed E-state index contributed by atoms with van der Waals surface area (Å²) in [6, 6.07) is 6.57. The lowest BCUT2D eigenvalue weighted by Crippen LogP contribution is -1.98. The van der Waals surface area contributed by atoms with Gasteiger partial charge in [0.1, 0.15) is 0 Å². The van der Waals surface area contributed by atoms with Gasteiger partial charge in [-0.05, 0) is 24.1 Å². The predicted octanol–water partition coefficient (Wildman–Crippen LogP) is 1.34. The molecule has 0 saturated heterocycles.